The van der Waals surface area contributed by atoms with Crippen molar-refractivity contribution in [2.45, 2.75) is 19.8 Å². The summed E-state index contributed by atoms with van der Waals surface area (Å²) >= 11 is 0. The van der Waals surface area contributed by atoms with Crippen molar-refractivity contribution in [3.05, 3.63) is 78.4 Å². The summed E-state index contributed by atoms with van der Waals surface area (Å²) in [5, 5.41) is 0. The molecule has 130 valence electrons. The van der Waals surface area contributed by atoms with Crippen molar-refractivity contribution in [2.24, 2.45) is 0 Å². The molecule has 1 heterocycles. The molecule has 0 amide bonds. The molecule has 0 radical (unpaired) electrons. The maximum Gasteiger partial charge on any atom is 0.161 e. The average molecular weight is 337 g/mol. The molecule has 0 fully saturated rings. The summed E-state index contributed by atoms with van der Waals surface area (Å²) < 4.78 is 12.8. The minimum atomic E-state index is 0.746. The Hall–Kier alpha value is -2.79. The first-order chi connectivity index (χ1) is 12.3. The van der Waals surface area contributed by atoms with Gasteiger partial charge in [0.1, 0.15) is 0 Å². The Labute approximate surface area is 148 Å². The predicted molar refractivity (Wildman–Crippen MR) is 97.5 cm³/mol. The molecule has 0 spiro atoms. The molecule has 0 aliphatic heterocycles. The molecule has 0 N–H and O–H groups in total. The normalized spacial score (nSPS) is 10.8. The molecule has 0 unspecified atom stereocenters. The summed E-state index contributed by atoms with van der Waals surface area (Å²) in [7, 11) is 3.31. The van der Waals surface area contributed by atoms with Crippen LogP contribution in [0.25, 0.3) is 0 Å². The lowest BCUT2D eigenvalue weighted by Crippen LogP contribution is -2.25. The highest BCUT2D eigenvalue weighted by atomic mass is 16.5. The highest BCUT2D eigenvalue weighted by Gasteiger charge is 2.11. The van der Waals surface area contributed by atoms with Gasteiger partial charge in [-0.25, -0.2) is 4.98 Å². The molecule has 3 rings (SSSR count). The monoisotopic (exact) mass is 337 g/mol. The fourth-order valence-corrected chi connectivity index (χ4v) is 2.84. The van der Waals surface area contributed by atoms with E-state index in [1.54, 1.807) is 20.4 Å². The SMILES string of the molecule is COc1ccc(CN(Cc2ccccc2)Cn2ccnc2)cc1OC. The third-order valence-corrected chi connectivity index (χ3v) is 4.03. The van der Waals surface area contributed by atoms with E-state index < -0.39 is 0 Å². The van der Waals surface area contributed by atoms with Crippen molar-refractivity contribution in [1.29, 1.82) is 0 Å². The van der Waals surface area contributed by atoms with Gasteiger partial charge in [0, 0.05) is 25.5 Å². The molecule has 5 nitrogen and oxygen atoms in total. The molecule has 0 bridgehead atoms. The van der Waals surface area contributed by atoms with Gasteiger partial charge >= 0.3 is 0 Å². The van der Waals surface area contributed by atoms with Gasteiger partial charge in [-0.05, 0) is 23.3 Å². The van der Waals surface area contributed by atoms with Crippen molar-refractivity contribution >= 4 is 0 Å². The van der Waals surface area contributed by atoms with Crippen LogP contribution >= 0.6 is 0 Å². The van der Waals surface area contributed by atoms with Gasteiger partial charge in [-0.15, -0.1) is 0 Å². The van der Waals surface area contributed by atoms with Crippen molar-refractivity contribution < 1.29 is 9.47 Å². The second-order valence-electron chi connectivity index (χ2n) is 5.88. The molecular formula is C20H23N3O2. The van der Waals surface area contributed by atoms with Gasteiger partial charge in [0.15, 0.2) is 11.5 Å². The molecule has 0 atom stereocenters. The van der Waals surface area contributed by atoms with Crippen LogP contribution in [0, 0.1) is 0 Å². The van der Waals surface area contributed by atoms with E-state index in [1.165, 1.54) is 11.1 Å². The molecular weight excluding hydrogens is 314 g/mol. The Bertz CT molecular complexity index is 773. The lowest BCUT2D eigenvalue weighted by atomic mass is 10.1. The van der Waals surface area contributed by atoms with Crippen LogP contribution in [0.3, 0.4) is 0 Å². The molecule has 3 aromatic rings. The maximum absolute atomic E-state index is 5.42. The zero-order valence-electron chi connectivity index (χ0n) is 14.6. The summed E-state index contributed by atoms with van der Waals surface area (Å²) in [4.78, 5) is 6.50. The molecule has 0 aliphatic carbocycles. The fraction of sp³-hybridized carbons (Fsp3) is 0.250. The Balaban J connectivity index is 1.79. The first-order valence-corrected chi connectivity index (χ1v) is 8.21. The van der Waals surface area contributed by atoms with E-state index in [4.69, 9.17) is 9.47 Å². The highest BCUT2D eigenvalue weighted by molar-refractivity contribution is 5.42. The van der Waals surface area contributed by atoms with E-state index in [2.05, 4.69) is 44.8 Å². The number of nitrogens with zero attached hydrogens (tertiary/aromatic N) is 3. The van der Waals surface area contributed by atoms with Crippen molar-refractivity contribution in [1.82, 2.24) is 14.5 Å². The van der Waals surface area contributed by atoms with Gasteiger partial charge in [0.25, 0.3) is 0 Å². The van der Waals surface area contributed by atoms with Crippen molar-refractivity contribution in [2.75, 3.05) is 14.2 Å². The van der Waals surface area contributed by atoms with E-state index >= 15 is 0 Å². The minimum Gasteiger partial charge on any atom is -0.493 e. The number of hydrogen-bond donors (Lipinski definition) is 0. The third kappa shape index (κ3) is 4.61. The van der Waals surface area contributed by atoms with Gasteiger partial charge in [-0.1, -0.05) is 36.4 Å². The van der Waals surface area contributed by atoms with E-state index in [1.807, 2.05) is 30.7 Å². The summed E-state index contributed by atoms with van der Waals surface area (Å²) in [5.41, 5.74) is 2.46. The van der Waals surface area contributed by atoms with E-state index in [0.29, 0.717) is 0 Å². The first-order valence-electron chi connectivity index (χ1n) is 8.21. The van der Waals surface area contributed by atoms with Gasteiger partial charge in [0.2, 0.25) is 0 Å². The molecule has 5 heteroatoms. The highest BCUT2D eigenvalue weighted by Crippen LogP contribution is 2.28. The van der Waals surface area contributed by atoms with E-state index in [9.17, 15) is 0 Å². The molecule has 0 saturated carbocycles. The second kappa shape index (κ2) is 8.35. The van der Waals surface area contributed by atoms with Crippen LogP contribution in [0.1, 0.15) is 11.1 Å². The van der Waals surface area contributed by atoms with Crippen molar-refractivity contribution in [3.8, 4) is 11.5 Å². The van der Waals surface area contributed by atoms with E-state index in [-0.39, 0.29) is 0 Å². The Morgan fingerprint density at radius 2 is 1.68 bits per heavy atom. The quantitative estimate of drug-likeness (QED) is 0.630. The predicted octanol–water partition coefficient (Wildman–Crippen LogP) is 3.56. The zero-order valence-corrected chi connectivity index (χ0v) is 14.6. The maximum atomic E-state index is 5.42. The topological polar surface area (TPSA) is 39.5 Å². The summed E-state index contributed by atoms with van der Waals surface area (Å²) in [6.07, 6.45) is 5.62. The number of imidazole rings is 1. The smallest absolute Gasteiger partial charge is 0.161 e. The van der Waals surface area contributed by atoms with E-state index in [0.717, 1.165) is 31.3 Å². The van der Waals surface area contributed by atoms with Gasteiger partial charge in [-0.2, -0.15) is 0 Å². The van der Waals surface area contributed by atoms with Crippen LogP contribution in [0.4, 0.5) is 0 Å². The van der Waals surface area contributed by atoms with Crippen molar-refractivity contribution in [3.63, 3.8) is 0 Å². The summed E-state index contributed by atoms with van der Waals surface area (Å²) in [6, 6.07) is 16.5. The van der Waals surface area contributed by atoms with Crippen LogP contribution < -0.4 is 9.47 Å². The molecule has 2 aromatic carbocycles. The van der Waals surface area contributed by atoms with Gasteiger partial charge < -0.3 is 14.0 Å². The summed E-state index contributed by atoms with van der Waals surface area (Å²) in [6.45, 7) is 2.42. The fourth-order valence-electron chi connectivity index (χ4n) is 2.84. The number of ether oxygens (including phenoxy) is 2. The lowest BCUT2D eigenvalue weighted by molar-refractivity contribution is 0.200. The van der Waals surface area contributed by atoms with Gasteiger partial charge in [0.05, 0.1) is 27.2 Å². The van der Waals surface area contributed by atoms with Crippen LogP contribution in [0.15, 0.2) is 67.3 Å². The lowest BCUT2D eigenvalue weighted by Gasteiger charge is -2.23. The zero-order chi connectivity index (χ0) is 17.5. The first kappa shape index (κ1) is 17.0. The van der Waals surface area contributed by atoms with Crippen LogP contribution in [-0.4, -0.2) is 28.7 Å². The number of hydrogen-bond acceptors (Lipinski definition) is 4. The average Bonchev–Trinajstić information content (AvgIpc) is 3.15. The molecule has 1 aromatic heterocycles. The molecule has 0 saturated heterocycles. The second-order valence-corrected chi connectivity index (χ2v) is 5.88. The molecule has 25 heavy (non-hydrogen) atoms. The van der Waals surface area contributed by atoms with Crippen LogP contribution in [-0.2, 0) is 19.8 Å². The Kier molecular flexibility index (Phi) is 5.69. The standard InChI is InChI=1S/C20H23N3O2/c1-24-19-9-8-18(12-20(19)25-2)14-23(16-22-11-10-21-15-22)13-17-6-4-3-5-7-17/h3-12,15H,13-14,16H2,1-2H3. The number of benzene rings is 2. The Morgan fingerprint density at radius 1 is 0.920 bits per heavy atom. The van der Waals surface area contributed by atoms with Crippen LogP contribution in [0.2, 0.25) is 0 Å². The number of aromatic nitrogens is 2. The largest absolute Gasteiger partial charge is 0.493 e. The Morgan fingerprint density at radius 3 is 2.36 bits per heavy atom. The number of methoxy groups -OCH3 is 2. The van der Waals surface area contributed by atoms with Crippen LogP contribution in [0.5, 0.6) is 11.5 Å². The van der Waals surface area contributed by atoms with Gasteiger partial charge in [-0.3, -0.25) is 4.90 Å². The number of rotatable bonds is 8. The minimum absolute atomic E-state index is 0.746. The molecule has 0 aliphatic rings. The summed E-state index contributed by atoms with van der Waals surface area (Å²) in [5.74, 6) is 1.50. The third-order valence-electron chi connectivity index (χ3n) is 4.03.